The summed E-state index contributed by atoms with van der Waals surface area (Å²) in [5.74, 6) is 2.24. The zero-order valence-electron chi connectivity index (χ0n) is 12.6. The van der Waals surface area contributed by atoms with Gasteiger partial charge in [0.15, 0.2) is 0 Å². The second-order valence-electron chi connectivity index (χ2n) is 7.04. The molecular weight excluding hydrogens is 249 g/mol. The molecule has 0 bridgehead atoms. The summed E-state index contributed by atoms with van der Waals surface area (Å²) < 4.78 is 13.1. The lowest BCUT2D eigenvalue weighted by atomic mass is 9.79. The fourth-order valence-electron chi connectivity index (χ4n) is 3.75. The van der Waals surface area contributed by atoms with E-state index < -0.39 is 0 Å². The molecule has 0 amide bonds. The summed E-state index contributed by atoms with van der Waals surface area (Å²) in [7, 11) is 0. The topological polar surface area (TPSA) is 12.0 Å². The fourth-order valence-corrected chi connectivity index (χ4v) is 3.75. The monoisotopic (exact) mass is 275 g/mol. The third-order valence-electron chi connectivity index (χ3n) is 5.15. The Kier molecular flexibility index (Phi) is 4.11. The highest BCUT2D eigenvalue weighted by Crippen LogP contribution is 2.42. The van der Waals surface area contributed by atoms with Crippen LogP contribution in [-0.2, 0) is 0 Å². The Morgan fingerprint density at radius 2 is 1.75 bits per heavy atom. The van der Waals surface area contributed by atoms with E-state index in [2.05, 4.69) is 19.2 Å². The minimum Gasteiger partial charge on any atom is -0.307 e. The first-order valence-electron chi connectivity index (χ1n) is 8.15. The number of halogens is 1. The zero-order valence-corrected chi connectivity index (χ0v) is 12.6. The average Bonchev–Trinajstić information content (AvgIpc) is 3.24. The third kappa shape index (κ3) is 3.22. The van der Waals surface area contributed by atoms with Crippen LogP contribution in [0, 0.1) is 23.6 Å². The number of hydrogen-bond acceptors (Lipinski definition) is 1. The van der Waals surface area contributed by atoms with Crippen LogP contribution in [-0.4, -0.2) is 6.04 Å². The Bertz CT molecular complexity index is 437. The van der Waals surface area contributed by atoms with Gasteiger partial charge in [0, 0.05) is 12.1 Å². The molecule has 2 heteroatoms. The van der Waals surface area contributed by atoms with E-state index in [0.29, 0.717) is 12.1 Å². The molecular formula is C18H26FN. The predicted molar refractivity (Wildman–Crippen MR) is 81.0 cm³/mol. The first-order valence-corrected chi connectivity index (χ1v) is 8.15. The highest BCUT2D eigenvalue weighted by Gasteiger charge is 2.35. The summed E-state index contributed by atoms with van der Waals surface area (Å²) in [5, 5.41) is 3.90. The first-order chi connectivity index (χ1) is 9.63. The molecule has 1 nitrogen and oxygen atoms in total. The van der Waals surface area contributed by atoms with Gasteiger partial charge in [-0.15, -0.1) is 0 Å². The van der Waals surface area contributed by atoms with Crippen LogP contribution in [0.3, 0.4) is 0 Å². The van der Waals surface area contributed by atoms with Crippen molar-refractivity contribution in [3.05, 3.63) is 35.6 Å². The predicted octanol–water partition coefficient (Wildman–Crippen LogP) is 4.69. The van der Waals surface area contributed by atoms with Crippen LogP contribution in [0.5, 0.6) is 0 Å². The van der Waals surface area contributed by atoms with Crippen LogP contribution in [0.1, 0.15) is 57.6 Å². The van der Waals surface area contributed by atoms with Gasteiger partial charge >= 0.3 is 0 Å². The van der Waals surface area contributed by atoms with E-state index in [1.54, 1.807) is 12.1 Å². The lowest BCUT2D eigenvalue weighted by Crippen LogP contribution is -2.41. The van der Waals surface area contributed by atoms with Crippen molar-refractivity contribution >= 4 is 0 Å². The van der Waals surface area contributed by atoms with Crippen LogP contribution < -0.4 is 5.32 Å². The molecule has 0 aromatic heterocycles. The molecule has 3 rings (SSSR count). The minimum atomic E-state index is -0.136. The molecule has 0 aliphatic heterocycles. The van der Waals surface area contributed by atoms with Gasteiger partial charge in [0.1, 0.15) is 5.82 Å². The molecule has 1 aromatic carbocycles. The van der Waals surface area contributed by atoms with Crippen molar-refractivity contribution < 1.29 is 4.39 Å². The molecule has 2 fully saturated rings. The molecule has 110 valence electrons. The van der Waals surface area contributed by atoms with Crippen molar-refractivity contribution in [3.63, 3.8) is 0 Å². The number of hydrogen-bond donors (Lipinski definition) is 1. The van der Waals surface area contributed by atoms with E-state index in [1.165, 1.54) is 37.7 Å². The lowest BCUT2D eigenvalue weighted by molar-refractivity contribution is 0.208. The van der Waals surface area contributed by atoms with E-state index in [9.17, 15) is 4.39 Å². The second kappa shape index (κ2) is 5.85. The van der Waals surface area contributed by atoms with Crippen LogP contribution >= 0.6 is 0 Å². The SMILES string of the molecule is CC1CCC(NC(c2ccc(F)cc2)C2CC2)C(C)C1. The van der Waals surface area contributed by atoms with Crippen molar-refractivity contribution in [2.75, 3.05) is 0 Å². The van der Waals surface area contributed by atoms with Gasteiger partial charge in [-0.2, -0.15) is 0 Å². The molecule has 20 heavy (non-hydrogen) atoms. The maximum absolute atomic E-state index is 13.1. The van der Waals surface area contributed by atoms with Gasteiger partial charge in [0.25, 0.3) is 0 Å². The molecule has 0 saturated heterocycles. The highest BCUT2D eigenvalue weighted by atomic mass is 19.1. The summed E-state index contributed by atoms with van der Waals surface area (Å²) in [6.07, 6.45) is 6.58. The van der Waals surface area contributed by atoms with Gasteiger partial charge in [-0.1, -0.05) is 26.0 Å². The third-order valence-corrected chi connectivity index (χ3v) is 5.15. The van der Waals surface area contributed by atoms with Crippen molar-refractivity contribution in [1.82, 2.24) is 5.32 Å². The average molecular weight is 275 g/mol. The Hall–Kier alpha value is -0.890. The summed E-state index contributed by atoms with van der Waals surface area (Å²) in [6, 6.07) is 8.17. The van der Waals surface area contributed by atoms with E-state index in [1.807, 2.05) is 12.1 Å². The maximum atomic E-state index is 13.1. The second-order valence-corrected chi connectivity index (χ2v) is 7.04. The summed E-state index contributed by atoms with van der Waals surface area (Å²) in [5.41, 5.74) is 1.26. The number of nitrogens with one attached hydrogen (secondary N) is 1. The quantitative estimate of drug-likeness (QED) is 0.840. The van der Waals surface area contributed by atoms with Crippen molar-refractivity contribution in [2.45, 2.75) is 58.0 Å². The van der Waals surface area contributed by atoms with E-state index >= 15 is 0 Å². The molecule has 2 aliphatic rings. The van der Waals surface area contributed by atoms with Crippen LogP contribution in [0.15, 0.2) is 24.3 Å². The van der Waals surface area contributed by atoms with Gasteiger partial charge in [-0.05, 0) is 67.6 Å². The van der Waals surface area contributed by atoms with Gasteiger partial charge in [0.05, 0.1) is 0 Å². The van der Waals surface area contributed by atoms with Crippen molar-refractivity contribution in [2.24, 2.45) is 17.8 Å². The first kappa shape index (κ1) is 14.1. The number of benzene rings is 1. The molecule has 4 atom stereocenters. The highest BCUT2D eigenvalue weighted by molar-refractivity contribution is 5.22. The van der Waals surface area contributed by atoms with Crippen LogP contribution in [0.4, 0.5) is 4.39 Å². The summed E-state index contributed by atoms with van der Waals surface area (Å²) in [4.78, 5) is 0. The molecule has 4 unspecified atom stereocenters. The fraction of sp³-hybridized carbons (Fsp3) is 0.667. The molecule has 2 aliphatic carbocycles. The Labute approximate surface area is 122 Å². The number of rotatable bonds is 4. The largest absolute Gasteiger partial charge is 0.307 e. The van der Waals surface area contributed by atoms with E-state index in [4.69, 9.17) is 0 Å². The molecule has 0 heterocycles. The summed E-state index contributed by atoms with van der Waals surface area (Å²) in [6.45, 7) is 4.74. The minimum absolute atomic E-state index is 0.136. The Morgan fingerprint density at radius 1 is 1.05 bits per heavy atom. The van der Waals surface area contributed by atoms with Crippen molar-refractivity contribution in [1.29, 1.82) is 0 Å². The van der Waals surface area contributed by atoms with Gasteiger partial charge in [-0.3, -0.25) is 0 Å². The maximum Gasteiger partial charge on any atom is 0.123 e. The van der Waals surface area contributed by atoms with Crippen molar-refractivity contribution in [3.8, 4) is 0 Å². The Balaban J connectivity index is 1.70. The molecule has 0 radical (unpaired) electrons. The Morgan fingerprint density at radius 3 is 2.35 bits per heavy atom. The summed E-state index contributed by atoms with van der Waals surface area (Å²) >= 11 is 0. The van der Waals surface area contributed by atoms with E-state index in [0.717, 1.165) is 17.8 Å². The van der Waals surface area contributed by atoms with Gasteiger partial charge in [-0.25, -0.2) is 4.39 Å². The van der Waals surface area contributed by atoms with E-state index in [-0.39, 0.29) is 5.82 Å². The smallest absolute Gasteiger partial charge is 0.123 e. The molecule has 2 saturated carbocycles. The lowest BCUT2D eigenvalue weighted by Gasteiger charge is -2.36. The standard InChI is InChI=1S/C18H26FN/c1-12-3-10-17(13(2)11-12)20-18(14-4-5-14)15-6-8-16(19)9-7-15/h6-9,12-14,17-18,20H,3-5,10-11H2,1-2H3. The molecule has 1 aromatic rings. The van der Waals surface area contributed by atoms with Crippen LogP contribution in [0.2, 0.25) is 0 Å². The van der Waals surface area contributed by atoms with Gasteiger partial charge < -0.3 is 5.32 Å². The van der Waals surface area contributed by atoms with Crippen LogP contribution in [0.25, 0.3) is 0 Å². The molecule has 0 spiro atoms. The molecule has 1 N–H and O–H groups in total. The van der Waals surface area contributed by atoms with Gasteiger partial charge in [0.2, 0.25) is 0 Å². The zero-order chi connectivity index (χ0) is 14.1. The normalized spacial score (nSPS) is 32.0.